The van der Waals surface area contributed by atoms with Gasteiger partial charge in [-0.15, -0.1) is 0 Å². The number of hydrogen-bond acceptors (Lipinski definition) is 3. The van der Waals surface area contributed by atoms with Crippen molar-refractivity contribution < 1.29 is 19.4 Å². The minimum Gasteiger partial charge on any atom is -0.479 e. The average molecular weight is 203 g/mol. The molecule has 0 aliphatic rings. The Balaban J connectivity index is 3.47. The van der Waals surface area contributed by atoms with Crippen molar-refractivity contribution in [3.8, 4) is 0 Å². The van der Waals surface area contributed by atoms with E-state index in [4.69, 9.17) is 9.84 Å². The first kappa shape index (κ1) is 12.9. The minimum atomic E-state index is -0.982. The van der Waals surface area contributed by atoms with E-state index in [0.29, 0.717) is 19.4 Å². The highest BCUT2D eigenvalue weighted by molar-refractivity contribution is 5.75. The standard InChI is InChI=1S/C9H17NO4/c1-7(9(12)13)14-6-4-5-8(11)10(2)3/h7H,4-6H2,1-3H3,(H,12,13). The zero-order chi connectivity index (χ0) is 11.1. The van der Waals surface area contributed by atoms with E-state index < -0.39 is 12.1 Å². The van der Waals surface area contributed by atoms with E-state index in [1.165, 1.54) is 11.8 Å². The van der Waals surface area contributed by atoms with Gasteiger partial charge < -0.3 is 14.7 Å². The van der Waals surface area contributed by atoms with Crippen LogP contribution in [0.5, 0.6) is 0 Å². The summed E-state index contributed by atoms with van der Waals surface area (Å²) in [5, 5.41) is 8.48. The first-order chi connectivity index (χ1) is 6.45. The molecular weight excluding hydrogens is 186 g/mol. The third-order valence-electron chi connectivity index (χ3n) is 1.75. The molecular formula is C9H17NO4. The molecule has 5 heteroatoms. The first-order valence-corrected chi connectivity index (χ1v) is 4.49. The maximum absolute atomic E-state index is 11.1. The topological polar surface area (TPSA) is 66.8 Å². The Morgan fingerprint density at radius 2 is 2.00 bits per heavy atom. The Bertz CT molecular complexity index is 203. The van der Waals surface area contributed by atoms with Crippen LogP contribution in [0.1, 0.15) is 19.8 Å². The number of carbonyl (C=O) groups excluding carboxylic acids is 1. The largest absolute Gasteiger partial charge is 0.479 e. The van der Waals surface area contributed by atoms with Crippen LogP contribution in [0.3, 0.4) is 0 Å². The molecule has 0 aliphatic heterocycles. The van der Waals surface area contributed by atoms with Gasteiger partial charge in [0.15, 0.2) is 6.10 Å². The molecule has 5 nitrogen and oxygen atoms in total. The molecule has 0 radical (unpaired) electrons. The van der Waals surface area contributed by atoms with Crippen molar-refractivity contribution >= 4 is 11.9 Å². The molecule has 0 aromatic heterocycles. The van der Waals surface area contributed by atoms with Crippen LogP contribution in [-0.2, 0) is 14.3 Å². The normalized spacial score (nSPS) is 12.2. The highest BCUT2D eigenvalue weighted by Gasteiger charge is 2.10. The maximum atomic E-state index is 11.1. The lowest BCUT2D eigenvalue weighted by Gasteiger charge is -2.11. The van der Waals surface area contributed by atoms with E-state index in [2.05, 4.69) is 0 Å². The predicted octanol–water partition coefficient (Wildman–Crippen LogP) is 0.344. The lowest BCUT2D eigenvalue weighted by Crippen LogP contribution is -2.23. The zero-order valence-corrected chi connectivity index (χ0v) is 8.82. The Labute approximate surface area is 83.6 Å². The number of rotatable bonds is 6. The summed E-state index contributed by atoms with van der Waals surface area (Å²) < 4.78 is 4.96. The van der Waals surface area contributed by atoms with Crippen molar-refractivity contribution in [2.24, 2.45) is 0 Å². The van der Waals surface area contributed by atoms with Crippen molar-refractivity contribution in [2.45, 2.75) is 25.9 Å². The van der Waals surface area contributed by atoms with Crippen LogP contribution >= 0.6 is 0 Å². The zero-order valence-electron chi connectivity index (χ0n) is 8.82. The molecule has 1 amide bonds. The summed E-state index contributed by atoms with van der Waals surface area (Å²) in [4.78, 5) is 22.9. The van der Waals surface area contributed by atoms with Crippen LogP contribution in [0.15, 0.2) is 0 Å². The van der Waals surface area contributed by atoms with Gasteiger partial charge >= 0.3 is 5.97 Å². The predicted molar refractivity (Wildman–Crippen MR) is 51.0 cm³/mol. The van der Waals surface area contributed by atoms with Gasteiger partial charge in [-0.3, -0.25) is 4.79 Å². The summed E-state index contributed by atoms with van der Waals surface area (Å²) in [6.07, 6.45) is 0.137. The van der Waals surface area contributed by atoms with E-state index >= 15 is 0 Å². The van der Waals surface area contributed by atoms with Gasteiger partial charge in [-0.05, 0) is 13.3 Å². The fourth-order valence-corrected chi connectivity index (χ4v) is 0.778. The van der Waals surface area contributed by atoms with Gasteiger partial charge in [0.2, 0.25) is 5.91 Å². The Hall–Kier alpha value is -1.10. The SMILES string of the molecule is CC(OCCCC(=O)N(C)C)C(=O)O. The van der Waals surface area contributed by atoms with Crippen molar-refractivity contribution in [2.75, 3.05) is 20.7 Å². The van der Waals surface area contributed by atoms with E-state index in [9.17, 15) is 9.59 Å². The molecule has 0 saturated heterocycles. The molecule has 0 rings (SSSR count). The monoisotopic (exact) mass is 203 g/mol. The quantitative estimate of drug-likeness (QED) is 0.632. The number of carbonyl (C=O) groups is 2. The highest BCUT2D eigenvalue weighted by Crippen LogP contribution is 1.97. The van der Waals surface area contributed by atoms with E-state index in [1.54, 1.807) is 14.1 Å². The highest BCUT2D eigenvalue weighted by atomic mass is 16.5. The number of ether oxygens (including phenoxy) is 1. The Kier molecular flexibility index (Phi) is 5.87. The number of nitrogens with zero attached hydrogens (tertiary/aromatic N) is 1. The number of aliphatic carboxylic acids is 1. The van der Waals surface area contributed by atoms with E-state index in [1.807, 2.05) is 0 Å². The van der Waals surface area contributed by atoms with Crippen molar-refractivity contribution in [3.63, 3.8) is 0 Å². The molecule has 0 heterocycles. The number of carboxylic acid groups (broad SMARTS) is 1. The van der Waals surface area contributed by atoms with Crippen LogP contribution in [0.25, 0.3) is 0 Å². The molecule has 82 valence electrons. The number of carboxylic acids is 1. The van der Waals surface area contributed by atoms with Crippen LogP contribution < -0.4 is 0 Å². The van der Waals surface area contributed by atoms with Gasteiger partial charge in [0.1, 0.15) is 0 Å². The van der Waals surface area contributed by atoms with Crippen LogP contribution in [0, 0.1) is 0 Å². The third-order valence-corrected chi connectivity index (χ3v) is 1.75. The Morgan fingerprint density at radius 3 is 2.43 bits per heavy atom. The number of hydrogen-bond donors (Lipinski definition) is 1. The summed E-state index contributed by atoms with van der Waals surface area (Å²) in [7, 11) is 3.37. The molecule has 0 aromatic rings. The summed E-state index contributed by atoms with van der Waals surface area (Å²) in [6.45, 7) is 1.77. The molecule has 0 fully saturated rings. The molecule has 0 aliphatic carbocycles. The van der Waals surface area contributed by atoms with Crippen LogP contribution in [0.2, 0.25) is 0 Å². The van der Waals surface area contributed by atoms with Crippen LogP contribution in [0.4, 0.5) is 0 Å². The molecule has 0 bridgehead atoms. The summed E-state index contributed by atoms with van der Waals surface area (Å²) in [5.41, 5.74) is 0. The minimum absolute atomic E-state index is 0.0246. The summed E-state index contributed by atoms with van der Waals surface area (Å²) >= 11 is 0. The van der Waals surface area contributed by atoms with Gasteiger partial charge in [0.05, 0.1) is 0 Å². The van der Waals surface area contributed by atoms with Crippen molar-refractivity contribution in [3.05, 3.63) is 0 Å². The molecule has 1 atom stereocenters. The second kappa shape index (κ2) is 6.37. The van der Waals surface area contributed by atoms with Gasteiger partial charge in [-0.1, -0.05) is 0 Å². The van der Waals surface area contributed by atoms with E-state index in [-0.39, 0.29) is 5.91 Å². The molecule has 1 unspecified atom stereocenters. The molecule has 0 aromatic carbocycles. The average Bonchev–Trinajstić information content (AvgIpc) is 2.11. The second-order valence-corrected chi connectivity index (χ2v) is 3.24. The van der Waals surface area contributed by atoms with E-state index in [0.717, 1.165) is 0 Å². The fraction of sp³-hybridized carbons (Fsp3) is 0.778. The van der Waals surface area contributed by atoms with Gasteiger partial charge in [-0.2, -0.15) is 0 Å². The van der Waals surface area contributed by atoms with Gasteiger partial charge in [-0.25, -0.2) is 4.79 Å². The van der Waals surface area contributed by atoms with Crippen molar-refractivity contribution in [1.82, 2.24) is 4.90 Å². The summed E-state index contributed by atoms with van der Waals surface area (Å²) in [6, 6.07) is 0. The van der Waals surface area contributed by atoms with Gasteiger partial charge in [0.25, 0.3) is 0 Å². The smallest absolute Gasteiger partial charge is 0.332 e. The van der Waals surface area contributed by atoms with Crippen molar-refractivity contribution in [1.29, 1.82) is 0 Å². The Morgan fingerprint density at radius 1 is 1.43 bits per heavy atom. The summed E-state index contributed by atoms with van der Waals surface area (Å²) in [5.74, 6) is -0.958. The lowest BCUT2D eigenvalue weighted by atomic mass is 10.3. The second-order valence-electron chi connectivity index (χ2n) is 3.24. The molecule has 14 heavy (non-hydrogen) atoms. The molecule has 1 N–H and O–H groups in total. The number of amides is 1. The van der Waals surface area contributed by atoms with Crippen LogP contribution in [-0.4, -0.2) is 48.7 Å². The maximum Gasteiger partial charge on any atom is 0.332 e. The lowest BCUT2D eigenvalue weighted by molar-refractivity contribution is -0.149. The first-order valence-electron chi connectivity index (χ1n) is 4.49. The molecule has 0 spiro atoms. The third kappa shape index (κ3) is 5.53. The van der Waals surface area contributed by atoms with Gasteiger partial charge in [0, 0.05) is 27.1 Å². The molecule has 0 saturated carbocycles. The fourth-order valence-electron chi connectivity index (χ4n) is 0.778.